The molecule has 0 aromatic carbocycles. The summed E-state index contributed by atoms with van der Waals surface area (Å²) >= 11 is 0. The summed E-state index contributed by atoms with van der Waals surface area (Å²) < 4.78 is 5.76. The predicted molar refractivity (Wildman–Crippen MR) is 116 cm³/mol. The highest BCUT2D eigenvalue weighted by Gasteiger charge is 2.76. The number of carbonyl (C=O) groups excluding carboxylic acids is 1. The molecule has 0 saturated heterocycles. The highest BCUT2D eigenvalue weighted by atomic mass is 16.6. The number of aliphatic hydroxyl groups excluding tert-OH is 3. The molecule has 6 heteroatoms. The summed E-state index contributed by atoms with van der Waals surface area (Å²) in [6, 6.07) is 0. The zero-order valence-corrected chi connectivity index (χ0v) is 19.3. The Morgan fingerprint density at radius 3 is 2.55 bits per heavy atom. The Morgan fingerprint density at radius 1 is 1.32 bits per heavy atom. The molecule has 4 aliphatic rings. The van der Waals surface area contributed by atoms with Crippen molar-refractivity contribution in [3.05, 3.63) is 34.9 Å². The molecule has 9 atom stereocenters. The van der Waals surface area contributed by atoms with Crippen LogP contribution in [0.2, 0.25) is 0 Å². The Kier molecular flexibility index (Phi) is 5.14. The lowest BCUT2D eigenvalue weighted by molar-refractivity contribution is -0.223. The number of fused-ring (bicyclic) bond motifs is 3. The summed E-state index contributed by atoms with van der Waals surface area (Å²) in [7, 11) is 0. The summed E-state index contributed by atoms with van der Waals surface area (Å²) in [6.07, 6.45) is 2.46. The molecular weight excluding hydrogens is 396 g/mol. The number of rotatable bonds is 3. The van der Waals surface area contributed by atoms with Crippen molar-refractivity contribution in [3.63, 3.8) is 0 Å². The molecule has 31 heavy (non-hydrogen) atoms. The first kappa shape index (κ1) is 22.7. The molecule has 0 amide bonds. The predicted octanol–water partition coefficient (Wildman–Crippen LogP) is 2.12. The van der Waals surface area contributed by atoms with Crippen molar-refractivity contribution in [1.29, 1.82) is 0 Å². The van der Waals surface area contributed by atoms with Crippen LogP contribution in [0.4, 0.5) is 0 Å². The maximum atomic E-state index is 12.6. The van der Waals surface area contributed by atoms with E-state index in [0.717, 1.165) is 6.42 Å². The fourth-order valence-corrected chi connectivity index (χ4v) is 7.22. The van der Waals surface area contributed by atoms with E-state index in [1.165, 1.54) is 0 Å². The van der Waals surface area contributed by atoms with Crippen LogP contribution in [0, 0.1) is 34.5 Å². The van der Waals surface area contributed by atoms with Gasteiger partial charge in [0.1, 0.15) is 11.7 Å². The van der Waals surface area contributed by atoms with E-state index >= 15 is 0 Å². The van der Waals surface area contributed by atoms with E-state index < -0.39 is 41.9 Å². The second-order valence-electron chi connectivity index (χ2n) is 10.8. The summed E-state index contributed by atoms with van der Waals surface area (Å²) in [5.41, 5.74) is -1.86. The quantitative estimate of drug-likeness (QED) is 0.309. The van der Waals surface area contributed by atoms with Crippen LogP contribution in [0.3, 0.4) is 0 Å². The normalized spacial score (nSPS) is 47.9. The third-order valence-corrected chi connectivity index (χ3v) is 9.14. The van der Waals surface area contributed by atoms with Crippen LogP contribution in [-0.2, 0) is 9.53 Å². The number of ether oxygens (including phenoxy) is 1. The van der Waals surface area contributed by atoms with Crippen LogP contribution in [0.1, 0.15) is 48.0 Å². The average Bonchev–Trinajstić information content (AvgIpc) is 3.21. The third-order valence-electron chi connectivity index (χ3n) is 9.14. The number of aliphatic hydroxyl groups is 4. The third kappa shape index (κ3) is 2.68. The van der Waals surface area contributed by atoms with Gasteiger partial charge in [-0.05, 0) is 61.5 Å². The molecule has 1 spiro atoms. The molecule has 6 nitrogen and oxygen atoms in total. The van der Waals surface area contributed by atoms with Gasteiger partial charge < -0.3 is 25.2 Å². The Morgan fingerprint density at radius 2 is 1.97 bits per heavy atom. The minimum Gasteiger partial charge on any atom is -0.451 e. The van der Waals surface area contributed by atoms with Gasteiger partial charge in [-0.1, -0.05) is 39.0 Å². The van der Waals surface area contributed by atoms with E-state index in [1.54, 1.807) is 32.9 Å². The number of hydrogen-bond donors (Lipinski definition) is 4. The van der Waals surface area contributed by atoms with Crippen LogP contribution >= 0.6 is 0 Å². The molecule has 2 fully saturated rings. The Bertz CT molecular complexity index is 884. The molecule has 4 rings (SSSR count). The minimum absolute atomic E-state index is 0.0399. The second kappa shape index (κ2) is 7.01. The van der Waals surface area contributed by atoms with Crippen molar-refractivity contribution in [2.24, 2.45) is 34.5 Å². The van der Waals surface area contributed by atoms with Crippen molar-refractivity contribution in [2.75, 3.05) is 6.61 Å². The molecular formula is C25H36O6. The molecule has 2 saturated carbocycles. The van der Waals surface area contributed by atoms with Crippen molar-refractivity contribution in [3.8, 4) is 0 Å². The summed E-state index contributed by atoms with van der Waals surface area (Å²) in [5, 5.41) is 45.7. The molecule has 0 heterocycles. The van der Waals surface area contributed by atoms with Gasteiger partial charge in [0.2, 0.25) is 0 Å². The molecule has 0 aliphatic heterocycles. The van der Waals surface area contributed by atoms with Gasteiger partial charge in [-0.25, -0.2) is 4.79 Å². The Hall–Kier alpha value is -1.47. The van der Waals surface area contributed by atoms with Crippen LogP contribution in [0.5, 0.6) is 0 Å². The van der Waals surface area contributed by atoms with Crippen molar-refractivity contribution < 1.29 is 30.0 Å². The first-order valence-corrected chi connectivity index (χ1v) is 11.3. The van der Waals surface area contributed by atoms with E-state index in [9.17, 15) is 25.2 Å². The fraction of sp³-hybridized carbons (Fsp3) is 0.720. The van der Waals surface area contributed by atoms with E-state index in [4.69, 9.17) is 4.74 Å². The largest absolute Gasteiger partial charge is 0.451 e. The molecule has 0 aromatic heterocycles. The maximum absolute atomic E-state index is 12.6. The van der Waals surface area contributed by atoms with Gasteiger partial charge in [0, 0.05) is 11.5 Å². The molecule has 4 N–H and O–H groups in total. The monoisotopic (exact) mass is 432 g/mol. The van der Waals surface area contributed by atoms with Crippen molar-refractivity contribution >= 4 is 5.97 Å². The SMILES string of the molecule is C/C=C(/C)C(=O)O[C@H]1C(C)=CC23C(C)C[C@@H]4[C@H]([C@H](C=C(CO)[C@@H](O)[C@]12O)C3O)C4(C)C. The maximum Gasteiger partial charge on any atom is 0.334 e. The highest BCUT2D eigenvalue weighted by Crippen LogP contribution is 2.72. The van der Waals surface area contributed by atoms with Gasteiger partial charge in [0.25, 0.3) is 0 Å². The minimum atomic E-state index is -1.98. The lowest BCUT2D eigenvalue weighted by Gasteiger charge is -2.52. The first-order chi connectivity index (χ1) is 14.4. The molecule has 0 aromatic rings. The smallest absolute Gasteiger partial charge is 0.334 e. The Balaban J connectivity index is 1.90. The highest BCUT2D eigenvalue weighted by molar-refractivity contribution is 5.88. The average molecular weight is 433 g/mol. The lowest BCUT2D eigenvalue weighted by Crippen LogP contribution is -2.66. The summed E-state index contributed by atoms with van der Waals surface area (Å²) in [6.45, 7) is 11.1. The number of esters is 1. The molecule has 3 unspecified atom stereocenters. The van der Waals surface area contributed by atoms with E-state index in [0.29, 0.717) is 17.1 Å². The van der Waals surface area contributed by atoms with Gasteiger partial charge in [0.15, 0.2) is 6.10 Å². The number of allylic oxidation sites excluding steroid dienone is 1. The van der Waals surface area contributed by atoms with Gasteiger partial charge in [-0.2, -0.15) is 0 Å². The van der Waals surface area contributed by atoms with Gasteiger partial charge in [-0.3, -0.25) is 0 Å². The fourth-order valence-electron chi connectivity index (χ4n) is 7.22. The van der Waals surface area contributed by atoms with E-state index in [1.807, 2.05) is 13.0 Å². The molecule has 2 bridgehead atoms. The summed E-state index contributed by atoms with van der Waals surface area (Å²) in [4.78, 5) is 12.6. The molecule has 172 valence electrons. The molecule has 0 radical (unpaired) electrons. The van der Waals surface area contributed by atoms with Crippen LogP contribution < -0.4 is 0 Å². The zero-order valence-electron chi connectivity index (χ0n) is 19.3. The van der Waals surface area contributed by atoms with E-state index in [-0.39, 0.29) is 28.7 Å². The topological polar surface area (TPSA) is 107 Å². The van der Waals surface area contributed by atoms with Crippen molar-refractivity contribution in [1.82, 2.24) is 0 Å². The van der Waals surface area contributed by atoms with Gasteiger partial charge in [-0.15, -0.1) is 0 Å². The van der Waals surface area contributed by atoms with Crippen LogP contribution in [0.25, 0.3) is 0 Å². The second-order valence-corrected chi connectivity index (χ2v) is 10.8. The zero-order chi connectivity index (χ0) is 23.1. The van der Waals surface area contributed by atoms with E-state index in [2.05, 4.69) is 13.8 Å². The van der Waals surface area contributed by atoms with Gasteiger partial charge in [0.05, 0.1) is 18.1 Å². The number of hydrogen-bond acceptors (Lipinski definition) is 6. The van der Waals surface area contributed by atoms with Gasteiger partial charge >= 0.3 is 5.97 Å². The first-order valence-electron chi connectivity index (χ1n) is 11.3. The standard InChI is InChI=1S/C25H36O6/c1-7-12(2)22(29)31-21-13(3)10-24-14(4)8-17-18(23(17,5)6)16(20(24)28)9-15(11-26)19(27)25(21,24)30/h7,9-10,14,16-21,26-28,30H,8,11H2,1-6H3/b12-7-/t14?,16-,17+,18-,19+,20?,21-,24?,25-/m0/s1. The Labute approximate surface area is 184 Å². The van der Waals surface area contributed by atoms with Crippen LogP contribution in [0.15, 0.2) is 34.9 Å². The summed E-state index contributed by atoms with van der Waals surface area (Å²) in [5.74, 6) is -0.493. The number of carbonyl (C=O) groups is 1. The molecule has 4 aliphatic carbocycles. The van der Waals surface area contributed by atoms with Crippen molar-refractivity contribution in [2.45, 2.75) is 71.9 Å². The van der Waals surface area contributed by atoms with Crippen LogP contribution in [-0.4, -0.2) is 56.9 Å². The lowest BCUT2D eigenvalue weighted by atomic mass is 9.58.